The van der Waals surface area contributed by atoms with Gasteiger partial charge >= 0.3 is 0 Å². The molecule has 4 heteroatoms. The van der Waals surface area contributed by atoms with Crippen LogP contribution in [-0.4, -0.2) is 16.7 Å². The van der Waals surface area contributed by atoms with Gasteiger partial charge in [-0.25, -0.2) is 0 Å². The Morgan fingerprint density at radius 2 is 1.62 bits per heavy atom. The van der Waals surface area contributed by atoms with Crippen molar-refractivity contribution in [3.8, 4) is 34.0 Å². The van der Waals surface area contributed by atoms with Crippen LogP contribution in [0.4, 0.5) is 0 Å². The summed E-state index contributed by atoms with van der Waals surface area (Å²) in [5.41, 5.74) is 7.95. The molecular formula is C25H23IrN2O-. The zero-order valence-electron chi connectivity index (χ0n) is 17.0. The van der Waals surface area contributed by atoms with Crippen LogP contribution < -0.4 is 4.74 Å². The van der Waals surface area contributed by atoms with E-state index in [0.29, 0.717) is 0 Å². The largest absolute Gasteiger partial charge is 0.539 e. The molecule has 4 rings (SSSR count). The molecule has 0 amide bonds. The van der Waals surface area contributed by atoms with Gasteiger partial charge in [-0.1, -0.05) is 42.0 Å². The molecule has 4 aromatic rings. The maximum absolute atomic E-state index is 5.66. The molecule has 0 atom stereocenters. The number of imidazole rings is 1. The summed E-state index contributed by atoms with van der Waals surface area (Å²) in [5.74, 6) is 1.68. The van der Waals surface area contributed by atoms with Crippen LogP contribution in [0.3, 0.4) is 0 Å². The van der Waals surface area contributed by atoms with Gasteiger partial charge < -0.3 is 9.30 Å². The molecule has 149 valence electrons. The first-order chi connectivity index (χ1) is 13.6. The standard InChI is InChI=1S/C25H23N2O.Ir/c1-17-8-5-6-11-22(17)27-15-14-26-25(27)20-12-13-23(28-4)21(16-20)24-18(2)9-7-10-19(24)3;/h5-11,13-16H,1-4H3;/q-1;. The third kappa shape index (κ3) is 3.91. The Hall–Kier alpha value is -2.68. The topological polar surface area (TPSA) is 27.1 Å². The van der Waals surface area contributed by atoms with E-state index in [-0.39, 0.29) is 20.1 Å². The number of rotatable bonds is 4. The zero-order valence-corrected chi connectivity index (χ0v) is 19.4. The number of aromatic nitrogens is 2. The van der Waals surface area contributed by atoms with Crippen molar-refractivity contribution in [2.75, 3.05) is 7.11 Å². The summed E-state index contributed by atoms with van der Waals surface area (Å²) in [7, 11) is 1.70. The first-order valence-electron chi connectivity index (χ1n) is 9.36. The van der Waals surface area contributed by atoms with Crippen molar-refractivity contribution in [1.82, 2.24) is 9.55 Å². The molecule has 0 N–H and O–H groups in total. The normalized spacial score (nSPS) is 10.5. The Labute approximate surface area is 185 Å². The predicted molar refractivity (Wildman–Crippen MR) is 114 cm³/mol. The van der Waals surface area contributed by atoms with Gasteiger partial charge in [-0.3, -0.25) is 4.98 Å². The summed E-state index contributed by atoms with van der Waals surface area (Å²) in [6.07, 6.45) is 3.83. The maximum Gasteiger partial charge on any atom is 0.0648 e. The first kappa shape index (κ1) is 21.0. The summed E-state index contributed by atoms with van der Waals surface area (Å²) < 4.78 is 7.77. The third-order valence-corrected chi connectivity index (χ3v) is 5.14. The van der Waals surface area contributed by atoms with Gasteiger partial charge in [0, 0.05) is 43.9 Å². The molecule has 1 radical (unpaired) electrons. The van der Waals surface area contributed by atoms with E-state index in [1.54, 1.807) is 7.11 Å². The van der Waals surface area contributed by atoms with Crippen LogP contribution in [0, 0.1) is 26.8 Å². The molecule has 0 aliphatic heterocycles. The van der Waals surface area contributed by atoms with Gasteiger partial charge in [-0.05, 0) is 49.1 Å². The number of para-hydroxylation sites is 1. The number of hydrogen-bond donors (Lipinski definition) is 0. The zero-order chi connectivity index (χ0) is 19.7. The van der Waals surface area contributed by atoms with Crippen molar-refractivity contribution < 1.29 is 24.8 Å². The number of methoxy groups -OCH3 is 1. The van der Waals surface area contributed by atoms with Crippen LogP contribution >= 0.6 is 0 Å². The van der Waals surface area contributed by atoms with Gasteiger partial charge in [0.2, 0.25) is 0 Å². The first-order valence-corrected chi connectivity index (χ1v) is 9.36. The van der Waals surface area contributed by atoms with Crippen molar-refractivity contribution in [2.45, 2.75) is 20.8 Å². The SMILES string of the molecule is COc1c[c-]c(-c2nccn2-c2ccccc2C)cc1-c1c(C)cccc1C.[Ir]. The maximum atomic E-state index is 5.66. The molecule has 29 heavy (non-hydrogen) atoms. The molecule has 0 aliphatic carbocycles. The molecule has 1 heterocycles. The minimum Gasteiger partial charge on any atom is -0.539 e. The molecule has 0 unspecified atom stereocenters. The number of aryl methyl sites for hydroxylation is 3. The van der Waals surface area contributed by atoms with E-state index in [1.807, 2.05) is 30.6 Å². The smallest absolute Gasteiger partial charge is 0.0648 e. The molecule has 0 saturated heterocycles. The van der Waals surface area contributed by atoms with E-state index >= 15 is 0 Å². The van der Waals surface area contributed by atoms with Crippen LogP contribution in [0.25, 0.3) is 28.2 Å². The van der Waals surface area contributed by atoms with Crippen molar-refractivity contribution in [2.24, 2.45) is 0 Å². The van der Waals surface area contributed by atoms with Crippen molar-refractivity contribution >= 4 is 0 Å². The van der Waals surface area contributed by atoms with Gasteiger partial charge in [-0.2, -0.15) is 0 Å². The predicted octanol–water partition coefficient (Wildman–Crippen LogP) is 5.94. The Balaban J connectivity index is 0.00000240. The van der Waals surface area contributed by atoms with Crippen molar-refractivity contribution in [3.63, 3.8) is 0 Å². The van der Waals surface area contributed by atoms with E-state index in [0.717, 1.165) is 28.4 Å². The quantitative estimate of drug-likeness (QED) is 0.290. The Morgan fingerprint density at radius 1 is 0.931 bits per heavy atom. The molecule has 0 spiro atoms. The van der Waals surface area contributed by atoms with Gasteiger partial charge in [-0.15, -0.1) is 23.8 Å². The van der Waals surface area contributed by atoms with Crippen molar-refractivity contribution in [3.05, 3.63) is 89.7 Å². The van der Waals surface area contributed by atoms with Crippen LogP contribution in [-0.2, 0) is 20.1 Å². The molecule has 0 aliphatic rings. The minimum atomic E-state index is 0. The number of ether oxygens (including phenoxy) is 1. The Morgan fingerprint density at radius 3 is 2.31 bits per heavy atom. The summed E-state index contributed by atoms with van der Waals surface area (Å²) in [6, 6.07) is 22.1. The van der Waals surface area contributed by atoms with E-state index in [9.17, 15) is 0 Å². The number of hydrogen-bond acceptors (Lipinski definition) is 2. The molecular weight excluding hydrogens is 537 g/mol. The summed E-state index contributed by atoms with van der Waals surface area (Å²) in [6.45, 7) is 6.37. The van der Waals surface area contributed by atoms with Gasteiger partial charge in [0.1, 0.15) is 0 Å². The van der Waals surface area contributed by atoms with Gasteiger partial charge in [0.25, 0.3) is 0 Å². The van der Waals surface area contributed by atoms with Crippen LogP contribution in [0.2, 0.25) is 0 Å². The van der Waals surface area contributed by atoms with E-state index < -0.39 is 0 Å². The number of nitrogens with zero attached hydrogens (tertiary/aromatic N) is 2. The fraction of sp³-hybridized carbons (Fsp3) is 0.160. The van der Waals surface area contributed by atoms with E-state index in [2.05, 4.69) is 72.8 Å². The molecule has 0 saturated carbocycles. The fourth-order valence-electron chi connectivity index (χ4n) is 3.74. The van der Waals surface area contributed by atoms with Crippen LogP contribution in [0.1, 0.15) is 16.7 Å². The summed E-state index contributed by atoms with van der Waals surface area (Å²) >= 11 is 0. The third-order valence-electron chi connectivity index (χ3n) is 5.14. The average Bonchev–Trinajstić information content (AvgIpc) is 3.17. The number of benzene rings is 3. The second kappa shape index (κ2) is 8.77. The molecule has 1 aromatic heterocycles. The Kier molecular flexibility index (Phi) is 6.36. The second-order valence-corrected chi connectivity index (χ2v) is 7.00. The summed E-state index contributed by atoms with van der Waals surface area (Å²) in [5, 5.41) is 0. The average molecular weight is 560 g/mol. The Bertz CT molecular complexity index is 1130. The van der Waals surface area contributed by atoms with Crippen LogP contribution in [0.15, 0.2) is 67.0 Å². The van der Waals surface area contributed by atoms with E-state index in [4.69, 9.17) is 4.74 Å². The van der Waals surface area contributed by atoms with Crippen molar-refractivity contribution in [1.29, 1.82) is 0 Å². The molecule has 3 nitrogen and oxygen atoms in total. The fourth-order valence-corrected chi connectivity index (χ4v) is 3.74. The van der Waals surface area contributed by atoms with E-state index in [1.165, 1.54) is 22.3 Å². The summed E-state index contributed by atoms with van der Waals surface area (Å²) in [4.78, 5) is 4.63. The monoisotopic (exact) mass is 560 g/mol. The van der Waals surface area contributed by atoms with Gasteiger partial charge in [0.15, 0.2) is 0 Å². The molecule has 3 aromatic carbocycles. The molecule has 0 bridgehead atoms. The minimum absolute atomic E-state index is 0. The second-order valence-electron chi connectivity index (χ2n) is 7.00. The van der Waals surface area contributed by atoms with Gasteiger partial charge in [0.05, 0.1) is 12.9 Å². The van der Waals surface area contributed by atoms with Crippen LogP contribution in [0.5, 0.6) is 5.75 Å². The molecule has 0 fully saturated rings.